The molecule has 2 N–H and O–H groups in total. The summed E-state index contributed by atoms with van der Waals surface area (Å²) >= 11 is 0. The van der Waals surface area contributed by atoms with E-state index in [-0.39, 0.29) is 17.0 Å². The molecule has 1 aliphatic carbocycles. The van der Waals surface area contributed by atoms with Crippen molar-refractivity contribution in [2.75, 3.05) is 18.2 Å². The molecule has 1 amide bonds. The maximum atomic E-state index is 12.2. The Balaban J connectivity index is 2.09. The first-order valence-electron chi connectivity index (χ1n) is 7.26. The molecule has 0 aromatic heterocycles. The van der Waals surface area contributed by atoms with Crippen molar-refractivity contribution in [1.82, 2.24) is 0 Å². The fraction of sp³-hybridized carbons (Fsp3) is 0.467. The number of methoxy groups -OCH3 is 1. The highest BCUT2D eigenvalue weighted by Gasteiger charge is 2.30. The molecule has 0 heterocycles. The van der Waals surface area contributed by atoms with E-state index in [0.717, 1.165) is 12.8 Å². The standard InChI is InChI=1S/C15H19NO6S/c1-22-13-8-10(15(18)19)6-7-12(13)16-14(17)9-23(20,21)11-4-2-3-5-11/h6-8,11H,2-5,9H2,1H3,(H,16,17)(H,18,19). The van der Waals surface area contributed by atoms with Crippen LogP contribution in [-0.2, 0) is 14.6 Å². The Kier molecular flexibility index (Phi) is 5.25. The summed E-state index contributed by atoms with van der Waals surface area (Å²) in [4.78, 5) is 22.9. The van der Waals surface area contributed by atoms with Gasteiger partial charge in [0.2, 0.25) is 5.91 Å². The number of rotatable bonds is 6. The maximum Gasteiger partial charge on any atom is 0.335 e. The predicted molar refractivity (Wildman–Crippen MR) is 84.6 cm³/mol. The van der Waals surface area contributed by atoms with Crippen LogP contribution in [0.3, 0.4) is 0 Å². The molecule has 0 unspecified atom stereocenters. The summed E-state index contributed by atoms with van der Waals surface area (Å²) in [6.07, 6.45) is 2.95. The van der Waals surface area contributed by atoms with Gasteiger partial charge in [-0.15, -0.1) is 0 Å². The molecule has 0 atom stereocenters. The molecular formula is C15H19NO6S. The number of hydrogen-bond donors (Lipinski definition) is 2. The number of nitrogens with one attached hydrogen (secondary N) is 1. The second kappa shape index (κ2) is 6.99. The number of benzene rings is 1. The van der Waals surface area contributed by atoms with Crippen molar-refractivity contribution in [1.29, 1.82) is 0 Å². The van der Waals surface area contributed by atoms with Crippen LogP contribution in [0.4, 0.5) is 5.69 Å². The average molecular weight is 341 g/mol. The third kappa shape index (κ3) is 4.22. The van der Waals surface area contributed by atoms with Crippen LogP contribution in [-0.4, -0.2) is 43.5 Å². The molecule has 1 saturated carbocycles. The molecule has 1 aromatic carbocycles. The molecule has 0 aliphatic heterocycles. The number of sulfone groups is 1. The Hall–Kier alpha value is -2.09. The topological polar surface area (TPSA) is 110 Å². The van der Waals surface area contributed by atoms with Gasteiger partial charge in [-0.05, 0) is 31.0 Å². The van der Waals surface area contributed by atoms with Gasteiger partial charge in [-0.1, -0.05) is 12.8 Å². The van der Waals surface area contributed by atoms with Gasteiger partial charge in [0, 0.05) is 0 Å². The number of carbonyl (C=O) groups excluding carboxylic acids is 1. The lowest BCUT2D eigenvalue weighted by molar-refractivity contribution is -0.113. The lowest BCUT2D eigenvalue weighted by Gasteiger charge is -2.13. The minimum absolute atomic E-state index is 0.0124. The van der Waals surface area contributed by atoms with Crippen LogP contribution >= 0.6 is 0 Å². The molecule has 0 saturated heterocycles. The summed E-state index contributed by atoms with van der Waals surface area (Å²) in [7, 11) is -2.13. The smallest absolute Gasteiger partial charge is 0.335 e. The molecule has 126 valence electrons. The molecular weight excluding hydrogens is 322 g/mol. The van der Waals surface area contributed by atoms with Crippen LogP contribution in [0, 0.1) is 0 Å². The van der Waals surface area contributed by atoms with Crippen molar-refractivity contribution < 1.29 is 27.9 Å². The molecule has 7 nitrogen and oxygen atoms in total. The van der Waals surface area contributed by atoms with E-state index in [9.17, 15) is 18.0 Å². The lowest BCUT2D eigenvalue weighted by Crippen LogP contribution is -2.29. The van der Waals surface area contributed by atoms with Crippen LogP contribution in [0.5, 0.6) is 5.75 Å². The fourth-order valence-electron chi connectivity index (χ4n) is 2.66. The van der Waals surface area contributed by atoms with Gasteiger partial charge >= 0.3 is 5.97 Å². The molecule has 0 bridgehead atoms. The van der Waals surface area contributed by atoms with Crippen molar-refractivity contribution >= 4 is 27.4 Å². The van der Waals surface area contributed by atoms with Gasteiger partial charge in [-0.2, -0.15) is 0 Å². The molecule has 2 rings (SSSR count). The number of hydrogen-bond acceptors (Lipinski definition) is 5. The summed E-state index contributed by atoms with van der Waals surface area (Å²) in [5, 5.41) is 11.0. The molecule has 0 spiro atoms. The zero-order valence-electron chi connectivity index (χ0n) is 12.7. The van der Waals surface area contributed by atoms with Crippen molar-refractivity contribution in [3.05, 3.63) is 23.8 Å². The molecule has 23 heavy (non-hydrogen) atoms. The number of carboxylic acid groups (broad SMARTS) is 1. The van der Waals surface area contributed by atoms with Gasteiger partial charge in [0.15, 0.2) is 9.84 Å². The molecule has 1 aromatic rings. The Labute approximate surface area is 134 Å². The van der Waals surface area contributed by atoms with Crippen molar-refractivity contribution in [2.45, 2.75) is 30.9 Å². The van der Waals surface area contributed by atoms with Gasteiger partial charge in [0.1, 0.15) is 11.5 Å². The van der Waals surface area contributed by atoms with Gasteiger partial charge in [0.25, 0.3) is 0 Å². The highest BCUT2D eigenvalue weighted by Crippen LogP contribution is 2.27. The Morgan fingerprint density at radius 2 is 1.96 bits per heavy atom. The molecule has 8 heteroatoms. The van der Waals surface area contributed by atoms with Crippen LogP contribution in [0.1, 0.15) is 36.0 Å². The van der Waals surface area contributed by atoms with Crippen molar-refractivity contribution in [3.63, 3.8) is 0 Å². The summed E-state index contributed by atoms with van der Waals surface area (Å²) in [5.41, 5.74) is 0.252. The van der Waals surface area contributed by atoms with Crippen molar-refractivity contribution in [2.24, 2.45) is 0 Å². The predicted octanol–water partition coefficient (Wildman–Crippen LogP) is 1.69. The number of carbonyl (C=O) groups is 2. The van der Waals surface area contributed by atoms with Gasteiger partial charge in [0.05, 0.1) is 23.6 Å². The number of amides is 1. The van der Waals surface area contributed by atoms with E-state index in [1.165, 1.54) is 25.3 Å². The number of anilines is 1. The average Bonchev–Trinajstić information content (AvgIpc) is 3.01. The fourth-order valence-corrected chi connectivity index (χ4v) is 4.39. The minimum Gasteiger partial charge on any atom is -0.495 e. The largest absolute Gasteiger partial charge is 0.495 e. The van der Waals surface area contributed by atoms with E-state index in [4.69, 9.17) is 9.84 Å². The van der Waals surface area contributed by atoms with E-state index < -0.39 is 32.7 Å². The van der Waals surface area contributed by atoms with E-state index in [0.29, 0.717) is 12.8 Å². The Morgan fingerprint density at radius 1 is 1.30 bits per heavy atom. The molecule has 1 fully saturated rings. The first-order chi connectivity index (χ1) is 10.8. The Morgan fingerprint density at radius 3 is 2.52 bits per heavy atom. The van der Waals surface area contributed by atoms with Crippen LogP contribution in [0.2, 0.25) is 0 Å². The summed E-state index contributed by atoms with van der Waals surface area (Å²) < 4.78 is 29.4. The first-order valence-corrected chi connectivity index (χ1v) is 8.98. The van der Waals surface area contributed by atoms with E-state index >= 15 is 0 Å². The highest BCUT2D eigenvalue weighted by molar-refractivity contribution is 7.92. The van der Waals surface area contributed by atoms with Crippen LogP contribution in [0.15, 0.2) is 18.2 Å². The summed E-state index contributed by atoms with van der Waals surface area (Å²) in [6.45, 7) is 0. The zero-order valence-corrected chi connectivity index (χ0v) is 13.6. The van der Waals surface area contributed by atoms with Crippen molar-refractivity contribution in [3.8, 4) is 5.75 Å². The third-order valence-electron chi connectivity index (χ3n) is 3.86. The molecule has 0 radical (unpaired) electrons. The summed E-state index contributed by atoms with van der Waals surface area (Å²) in [5.74, 6) is -2.19. The van der Waals surface area contributed by atoms with E-state index in [1.54, 1.807) is 0 Å². The van der Waals surface area contributed by atoms with Crippen LogP contribution < -0.4 is 10.1 Å². The normalized spacial score (nSPS) is 15.3. The third-order valence-corrected chi connectivity index (χ3v) is 6.02. The number of ether oxygens (including phenoxy) is 1. The second-order valence-corrected chi connectivity index (χ2v) is 7.76. The van der Waals surface area contributed by atoms with E-state index in [2.05, 4.69) is 5.32 Å². The molecule has 1 aliphatic rings. The second-order valence-electron chi connectivity index (χ2n) is 5.48. The van der Waals surface area contributed by atoms with Gasteiger partial charge < -0.3 is 15.2 Å². The van der Waals surface area contributed by atoms with Gasteiger partial charge in [-0.3, -0.25) is 4.79 Å². The Bertz CT molecular complexity index is 707. The van der Waals surface area contributed by atoms with E-state index in [1.807, 2.05) is 0 Å². The quantitative estimate of drug-likeness (QED) is 0.815. The zero-order chi connectivity index (χ0) is 17.0. The lowest BCUT2D eigenvalue weighted by atomic mass is 10.2. The monoisotopic (exact) mass is 341 g/mol. The highest BCUT2D eigenvalue weighted by atomic mass is 32.2. The first kappa shape index (κ1) is 17.3. The number of carboxylic acids is 1. The minimum atomic E-state index is -3.47. The number of aromatic carboxylic acids is 1. The van der Waals surface area contributed by atoms with Crippen LogP contribution in [0.25, 0.3) is 0 Å². The maximum absolute atomic E-state index is 12.2. The summed E-state index contributed by atoms with van der Waals surface area (Å²) in [6, 6.07) is 3.96. The van der Waals surface area contributed by atoms with Gasteiger partial charge in [-0.25, -0.2) is 13.2 Å². The SMILES string of the molecule is COc1cc(C(=O)O)ccc1NC(=O)CS(=O)(=O)C1CCCC1.